The van der Waals surface area contributed by atoms with Gasteiger partial charge in [-0.05, 0) is 24.3 Å². The minimum atomic E-state index is -0.504. The van der Waals surface area contributed by atoms with Crippen LogP contribution in [0.25, 0.3) is 10.9 Å². The predicted octanol–water partition coefficient (Wildman–Crippen LogP) is 4.20. The molecule has 0 aliphatic carbocycles. The van der Waals surface area contributed by atoms with Gasteiger partial charge in [0, 0.05) is 22.7 Å². The van der Waals surface area contributed by atoms with Crippen LogP contribution in [0.3, 0.4) is 0 Å². The highest BCUT2D eigenvalue weighted by molar-refractivity contribution is 6.35. The quantitative estimate of drug-likeness (QED) is 0.737. The first-order valence-corrected chi connectivity index (χ1v) is 6.63. The lowest BCUT2D eigenvalue weighted by molar-refractivity contribution is 0.104. The third kappa shape index (κ3) is 2.28. The summed E-state index contributed by atoms with van der Waals surface area (Å²) in [5, 5.41) is 1.28. The number of rotatable bonds is 3. The first kappa shape index (κ1) is 13.6. The molecule has 3 nitrogen and oxygen atoms in total. The van der Waals surface area contributed by atoms with Crippen LogP contribution in [0.2, 0.25) is 5.02 Å². The number of para-hydroxylation sites is 1. The molecule has 0 radical (unpaired) electrons. The largest absolute Gasteiger partial charge is 0.494 e. The van der Waals surface area contributed by atoms with E-state index in [4.69, 9.17) is 16.3 Å². The Morgan fingerprint density at radius 3 is 2.86 bits per heavy atom. The summed E-state index contributed by atoms with van der Waals surface area (Å²) in [6.45, 7) is 0. The highest BCUT2D eigenvalue weighted by atomic mass is 35.5. The third-order valence-electron chi connectivity index (χ3n) is 3.32. The van der Waals surface area contributed by atoms with Gasteiger partial charge in [0.2, 0.25) is 0 Å². The summed E-state index contributed by atoms with van der Waals surface area (Å²) < 4.78 is 18.3. The molecule has 0 saturated heterocycles. The lowest BCUT2D eigenvalue weighted by Gasteiger charge is -2.05. The molecule has 3 rings (SSSR count). The fourth-order valence-electron chi connectivity index (χ4n) is 2.26. The summed E-state index contributed by atoms with van der Waals surface area (Å²) >= 11 is 6.08. The van der Waals surface area contributed by atoms with Gasteiger partial charge in [0.1, 0.15) is 0 Å². The minimum Gasteiger partial charge on any atom is -0.494 e. The zero-order chi connectivity index (χ0) is 15.0. The minimum absolute atomic E-state index is 0.0405. The van der Waals surface area contributed by atoms with Crippen molar-refractivity contribution in [2.24, 2.45) is 0 Å². The van der Waals surface area contributed by atoms with Crippen molar-refractivity contribution in [2.45, 2.75) is 0 Å². The molecular weight excluding hydrogens is 293 g/mol. The van der Waals surface area contributed by atoms with Gasteiger partial charge in [-0.1, -0.05) is 23.7 Å². The van der Waals surface area contributed by atoms with Gasteiger partial charge < -0.3 is 9.72 Å². The molecular formula is C16H11ClFNO2. The fraction of sp³-hybridized carbons (Fsp3) is 0.0625. The van der Waals surface area contributed by atoms with E-state index < -0.39 is 5.82 Å². The van der Waals surface area contributed by atoms with E-state index in [0.717, 1.165) is 5.39 Å². The van der Waals surface area contributed by atoms with Crippen molar-refractivity contribution in [3.63, 3.8) is 0 Å². The van der Waals surface area contributed by atoms with Crippen LogP contribution in [0.1, 0.15) is 15.9 Å². The Balaban J connectivity index is 2.11. The smallest absolute Gasteiger partial charge is 0.195 e. The Morgan fingerprint density at radius 1 is 1.29 bits per heavy atom. The van der Waals surface area contributed by atoms with Crippen molar-refractivity contribution in [3.05, 3.63) is 64.6 Å². The van der Waals surface area contributed by atoms with E-state index in [1.54, 1.807) is 18.3 Å². The number of fused-ring (bicyclic) bond motifs is 1. The molecule has 0 spiro atoms. The van der Waals surface area contributed by atoms with E-state index >= 15 is 0 Å². The van der Waals surface area contributed by atoms with Gasteiger partial charge in [-0.2, -0.15) is 0 Å². The van der Waals surface area contributed by atoms with Crippen LogP contribution < -0.4 is 4.74 Å². The van der Waals surface area contributed by atoms with Crippen LogP contribution in [0, 0.1) is 5.82 Å². The van der Waals surface area contributed by atoms with Crippen LogP contribution in [0.5, 0.6) is 5.75 Å². The van der Waals surface area contributed by atoms with Crippen LogP contribution >= 0.6 is 11.6 Å². The van der Waals surface area contributed by atoms with Crippen LogP contribution in [-0.2, 0) is 0 Å². The summed E-state index contributed by atoms with van der Waals surface area (Å²) in [5.41, 5.74) is 1.55. The molecule has 0 aliphatic heterocycles. The van der Waals surface area contributed by atoms with Gasteiger partial charge in [-0.3, -0.25) is 4.79 Å². The SMILES string of the molecule is COc1cc(C(=O)c2c[nH]c3c(Cl)cccc23)ccc1F. The van der Waals surface area contributed by atoms with Crippen molar-refractivity contribution in [3.8, 4) is 5.75 Å². The zero-order valence-corrected chi connectivity index (χ0v) is 11.9. The number of nitrogens with one attached hydrogen (secondary N) is 1. The molecule has 0 saturated carbocycles. The first-order chi connectivity index (χ1) is 10.1. The van der Waals surface area contributed by atoms with Crippen molar-refractivity contribution >= 4 is 28.3 Å². The highest BCUT2D eigenvalue weighted by Crippen LogP contribution is 2.28. The number of aromatic nitrogens is 1. The molecule has 0 atom stereocenters. The number of hydrogen-bond donors (Lipinski definition) is 1. The van der Waals surface area contributed by atoms with Gasteiger partial charge in [0.15, 0.2) is 17.3 Å². The lowest BCUT2D eigenvalue weighted by Crippen LogP contribution is -2.01. The number of carbonyl (C=O) groups excluding carboxylic acids is 1. The Morgan fingerprint density at radius 2 is 2.10 bits per heavy atom. The standard InChI is InChI=1S/C16H11ClFNO2/c1-21-14-7-9(5-6-13(14)18)16(20)11-8-19-15-10(11)3-2-4-12(15)17/h2-8,19H,1H3. The third-order valence-corrected chi connectivity index (χ3v) is 3.64. The molecule has 21 heavy (non-hydrogen) atoms. The summed E-state index contributed by atoms with van der Waals surface area (Å²) in [6, 6.07) is 9.38. The van der Waals surface area contributed by atoms with Crippen LogP contribution in [0.4, 0.5) is 4.39 Å². The van der Waals surface area contributed by atoms with Crippen molar-refractivity contribution < 1.29 is 13.9 Å². The van der Waals surface area contributed by atoms with Crippen molar-refractivity contribution in [2.75, 3.05) is 7.11 Å². The number of aromatic amines is 1. The van der Waals surface area contributed by atoms with Gasteiger partial charge >= 0.3 is 0 Å². The topological polar surface area (TPSA) is 42.1 Å². The summed E-state index contributed by atoms with van der Waals surface area (Å²) in [6.07, 6.45) is 1.61. The number of ketones is 1. The monoisotopic (exact) mass is 303 g/mol. The molecule has 0 aliphatic rings. The molecule has 1 aromatic heterocycles. The zero-order valence-electron chi connectivity index (χ0n) is 11.1. The van der Waals surface area contributed by atoms with Gasteiger partial charge in [0.25, 0.3) is 0 Å². The molecule has 0 bridgehead atoms. The second-order valence-electron chi connectivity index (χ2n) is 4.54. The Labute approximate surface area is 125 Å². The normalized spacial score (nSPS) is 10.8. The van der Waals surface area contributed by atoms with E-state index in [9.17, 15) is 9.18 Å². The number of halogens is 2. The second kappa shape index (κ2) is 5.22. The van der Waals surface area contributed by atoms with E-state index in [1.165, 1.54) is 25.3 Å². The number of hydrogen-bond acceptors (Lipinski definition) is 2. The molecule has 0 amide bonds. The van der Waals surface area contributed by atoms with Crippen molar-refractivity contribution in [1.82, 2.24) is 4.98 Å². The van der Waals surface area contributed by atoms with E-state index in [-0.39, 0.29) is 11.5 Å². The number of methoxy groups -OCH3 is 1. The average molecular weight is 304 g/mol. The van der Waals surface area contributed by atoms with Gasteiger partial charge in [-0.15, -0.1) is 0 Å². The lowest BCUT2D eigenvalue weighted by atomic mass is 10.0. The fourth-order valence-corrected chi connectivity index (χ4v) is 2.49. The molecule has 106 valence electrons. The van der Waals surface area contributed by atoms with Crippen molar-refractivity contribution in [1.29, 1.82) is 0 Å². The Hall–Kier alpha value is -2.33. The maximum Gasteiger partial charge on any atom is 0.195 e. The molecule has 5 heteroatoms. The second-order valence-corrected chi connectivity index (χ2v) is 4.95. The predicted molar refractivity (Wildman–Crippen MR) is 79.7 cm³/mol. The maximum atomic E-state index is 13.4. The average Bonchev–Trinajstić information content (AvgIpc) is 2.92. The van der Waals surface area contributed by atoms with Crippen LogP contribution in [0.15, 0.2) is 42.6 Å². The van der Waals surface area contributed by atoms with E-state index in [1.807, 2.05) is 6.07 Å². The molecule has 0 fully saturated rings. The van der Waals surface area contributed by atoms with E-state index in [0.29, 0.717) is 21.7 Å². The Kier molecular flexibility index (Phi) is 3.39. The number of ether oxygens (including phenoxy) is 1. The summed E-state index contributed by atoms with van der Waals surface area (Å²) in [4.78, 5) is 15.6. The summed E-state index contributed by atoms with van der Waals surface area (Å²) in [5.74, 6) is -0.684. The maximum absolute atomic E-state index is 13.4. The molecule has 2 aromatic carbocycles. The van der Waals surface area contributed by atoms with E-state index in [2.05, 4.69) is 4.98 Å². The van der Waals surface area contributed by atoms with Gasteiger partial charge in [-0.25, -0.2) is 4.39 Å². The first-order valence-electron chi connectivity index (χ1n) is 6.25. The Bertz CT molecular complexity index is 841. The van der Waals surface area contributed by atoms with Gasteiger partial charge in [0.05, 0.1) is 17.6 Å². The molecule has 3 aromatic rings. The van der Waals surface area contributed by atoms with Crippen LogP contribution in [-0.4, -0.2) is 17.9 Å². The molecule has 1 N–H and O–H groups in total. The molecule has 0 unspecified atom stereocenters. The number of benzene rings is 2. The molecule has 1 heterocycles. The summed E-state index contributed by atoms with van der Waals surface area (Å²) in [7, 11) is 1.36. The highest BCUT2D eigenvalue weighted by Gasteiger charge is 2.17. The number of carbonyl (C=O) groups is 1. The number of H-pyrrole nitrogens is 1.